The Morgan fingerprint density at radius 2 is 1.65 bits per heavy atom. The van der Waals surface area contributed by atoms with Crippen molar-refractivity contribution in [3.8, 4) is 5.75 Å². The van der Waals surface area contributed by atoms with Gasteiger partial charge in [0.15, 0.2) is 0 Å². The second-order valence-corrected chi connectivity index (χ2v) is 6.02. The fraction of sp³-hybridized carbons (Fsp3) is 0.652. The molecule has 0 unspecified atom stereocenters. The standard InChI is InChI=1S/C21H34O3.C2H6/c1-4-6-7-8-16-24-21-13-12-19(11-5-2)20(17-21)18-23-15-10-9-14-22-3;1-2/h5,11-13,17H,4,6-10,14-16,18H2,1-3H3;1-2H3/b11-5-;. The molecule has 0 N–H and O–H groups in total. The van der Waals surface area contributed by atoms with E-state index in [0.717, 1.165) is 44.8 Å². The predicted octanol–water partition coefficient (Wildman–Crippen LogP) is 6.65. The molecule has 0 saturated heterocycles. The van der Waals surface area contributed by atoms with Crippen LogP contribution in [0.1, 0.15) is 77.3 Å². The van der Waals surface area contributed by atoms with Crippen LogP contribution < -0.4 is 4.74 Å². The summed E-state index contributed by atoms with van der Waals surface area (Å²) < 4.78 is 16.8. The SMILES string of the molecule is C/C=C\c1ccc(OCCCCCC)cc1COCCCCOC.CC. The van der Waals surface area contributed by atoms with Crippen molar-refractivity contribution >= 4 is 6.08 Å². The smallest absolute Gasteiger partial charge is 0.119 e. The van der Waals surface area contributed by atoms with E-state index in [2.05, 4.69) is 37.3 Å². The molecule has 0 bridgehead atoms. The second kappa shape index (κ2) is 18.5. The molecule has 0 saturated carbocycles. The molecule has 1 aromatic carbocycles. The van der Waals surface area contributed by atoms with Crippen LogP contribution in [0.4, 0.5) is 0 Å². The maximum absolute atomic E-state index is 5.89. The summed E-state index contributed by atoms with van der Waals surface area (Å²) in [6.07, 6.45) is 11.1. The van der Waals surface area contributed by atoms with Gasteiger partial charge in [0.05, 0.1) is 13.2 Å². The van der Waals surface area contributed by atoms with Gasteiger partial charge in [-0.3, -0.25) is 0 Å². The van der Waals surface area contributed by atoms with Crippen molar-refractivity contribution in [1.82, 2.24) is 0 Å². The minimum absolute atomic E-state index is 0.625. The van der Waals surface area contributed by atoms with Crippen LogP contribution in [0.2, 0.25) is 0 Å². The van der Waals surface area contributed by atoms with Gasteiger partial charge in [-0.2, -0.15) is 0 Å². The summed E-state index contributed by atoms with van der Waals surface area (Å²) >= 11 is 0. The normalized spacial score (nSPS) is 10.7. The molecule has 0 aromatic heterocycles. The first-order valence-corrected chi connectivity index (χ1v) is 10.3. The Morgan fingerprint density at radius 1 is 0.923 bits per heavy atom. The van der Waals surface area contributed by atoms with Crippen LogP contribution in [-0.2, 0) is 16.1 Å². The number of rotatable bonds is 14. The lowest BCUT2D eigenvalue weighted by Gasteiger charge is -2.12. The van der Waals surface area contributed by atoms with E-state index in [9.17, 15) is 0 Å². The summed E-state index contributed by atoms with van der Waals surface area (Å²) in [7, 11) is 1.73. The Bertz CT molecular complexity index is 455. The molecule has 0 amide bonds. The molecule has 0 aliphatic rings. The molecule has 3 heteroatoms. The van der Waals surface area contributed by atoms with Gasteiger partial charge in [0.25, 0.3) is 0 Å². The van der Waals surface area contributed by atoms with Gasteiger partial charge < -0.3 is 14.2 Å². The molecule has 26 heavy (non-hydrogen) atoms. The lowest BCUT2D eigenvalue weighted by Crippen LogP contribution is -2.01. The van der Waals surface area contributed by atoms with Crippen LogP contribution in [0, 0.1) is 0 Å². The maximum atomic E-state index is 5.89. The summed E-state index contributed by atoms with van der Waals surface area (Å²) in [6, 6.07) is 6.28. The molecule has 0 fully saturated rings. The predicted molar refractivity (Wildman–Crippen MR) is 113 cm³/mol. The fourth-order valence-electron chi connectivity index (χ4n) is 2.49. The second-order valence-electron chi connectivity index (χ2n) is 6.02. The number of hydrogen-bond donors (Lipinski definition) is 0. The van der Waals surface area contributed by atoms with Crippen LogP contribution in [0.5, 0.6) is 5.75 Å². The summed E-state index contributed by atoms with van der Waals surface area (Å²) in [5, 5.41) is 0. The average molecular weight is 365 g/mol. The zero-order valence-electron chi connectivity index (χ0n) is 17.7. The molecule has 0 spiro atoms. The van der Waals surface area contributed by atoms with E-state index in [1.54, 1.807) is 7.11 Å². The molecule has 0 heterocycles. The molecule has 0 radical (unpaired) electrons. The molecule has 1 aromatic rings. The van der Waals surface area contributed by atoms with Crippen LogP contribution in [0.15, 0.2) is 24.3 Å². The Hall–Kier alpha value is -1.32. The van der Waals surface area contributed by atoms with Gasteiger partial charge in [0.1, 0.15) is 5.75 Å². The number of hydrogen-bond acceptors (Lipinski definition) is 3. The summed E-state index contributed by atoms with van der Waals surface area (Å²) in [5.74, 6) is 0.942. The van der Waals surface area contributed by atoms with Gasteiger partial charge >= 0.3 is 0 Å². The number of allylic oxidation sites excluding steroid dienone is 1. The molecule has 150 valence electrons. The highest BCUT2D eigenvalue weighted by Gasteiger charge is 2.04. The van der Waals surface area contributed by atoms with E-state index < -0.39 is 0 Å². The third-order valence-electron chi connectivity index (χ3n) is 3.87. The molecule has 3 nitrogen and oxygen atoms in total. The third-order valence-corrected chi connectivity index (χ3v) is 3.87. The minimum atomic E-state index is 0.625. The highest BCUT2D eigenvalue weighted by molar-refractivity contribution is 5.55. The first-order chi connectivity index (χ1) is 12.8. The maximum Gasteiger partial charge on any atom is 0.119 e. The topological polar surface area (TPSA) is 27.7 Å². The zero-order chi connectivity index (χ0) is 19.5. The van der Waals surface area contributed by atoms with E-state index in [1.165, 1.54) is 30.4 Å². The summed E-state index contributed by atoms with van der Waals surface area (Å²) in [6.45, 7) is 11.2. The van der Waals surface area contributed by atoms with E-state index in [-0.39, 0.29) is 0 Å². The highest BCUT2D eigenvalue weighted by Crippen LogP contribution is 2.21. The first-order valence-electron chi connectivity index (χ1n) is 10.3. The highest BCUT2D eigenvalue weighted by atomic mass is 16.5. The van der Waals surface area contributed by atoms with Crippen molar-refractivity contribution in [1.29, 1.82) is 0 Å². The average Bonchev–Trinajstić information content (AvgIpc) is 2.68. The molecule has 0 aliphatic carbocycles. The molecule has 0 aliphatic heterocycles. The Morgan fingerprint density at radius 3 is 2.35 bits per heavy atom. The van der Waals surface area contributed by atoms with Gasteiger partial charge in [0.2, 0.25) is 0 Å². The molecule has 0 atom stereocenters. The van der Waals surface area contributed by atoms with Crippen LogP contribution >= 0.6 is 0 Å². The zero-order valence-corrected chi connectivity index (χ0v) is 17.7. The third kappa shape index (κ3) is 12.1. The fourth-order valence-corrected chi connectivity index (χ4v) is 2.49. The van der Waals surface area contributed by atoms with E-state index >= 15 is 0 Å². The van der Waals surface area contributed by atoms with Crippen molar-refractivity contribution in [2.24, 2.45) is 0 Å². The summed E-state index contributed by atoms with van der Waals surface area (Å²) in [5.41, 5.74) is 2.39. The van der Waals surface area contributed by atoms with E-state index in [4.69, 9.17) is 14.2 Å². The Balaban J connectivity index is 0.00000301. The lowest BCUT2D eigenvalue weighted by atomic mass is 10.1. The lowest BCUT2D eigenvalue weighted by molar-refractivity contribution is 0.107. The van der Waals surface area contributed by atoms with Crippen molar-refractivity contribution in [3.63, 3.8) is 0 Å². The monoisotopic (exact) mass is 364 g/mol. The minimum Gasteiger partial charge on any atom is -0.494 e. The molecular formula is C23H40O3. The largest absolute Gasteiger partial charge is 0.494 e. The molecular weight excluding hydrogens is 324 g/mol. The van der Waals surface area contributed by atoms with Gasteiger partial charge in [0, 0.05) is 20.3 Å². The van der Waals surface area contributed by atoms with Crippen LogP contribution in [0.3, 0.4) is 0 Å². The van der Waals surface area contributed by atoms with Crippen molar-refractivity contribution in [3.05, 3.63) is 35.4 Å². The number of ether oxygens (including phenoxy) is 3. The van der Waals surface area contributed by atoms with Crippen molar-refractivity contribution in [2.75, 3.05) is 26.9 Å². The van der Waals surface area contributed by atoms with Gasteiger partial charge in [-0.15, -0.1) is 0 Å². The van der Waals surface area contributed by atoms with Gasteiger partial charge in [-0.05, 0) is 49.4 Å². The number of unbranched alkanes of at least 4 members (excludes halogenated alkanes) is 4. The van der Waals surface area contributed by atoms with E-state index in [1.807, 2.05) is 20.8 Å². The quantitative estimate of drug-likeness (QED) is 0.346. The van der Waals surface area contributed by atoms with Gasteiger partial charge in [-0.1, -0.05) is 58.3 Å². The van der Waals surface area contributed by atoms with Crippen LogP contribution in [0.25, 0.3) is 6.08 Å². The first kappa shape index (κ1) is 24.7. The Kier molecular flexibility index (Phi) is 17.5. The number of benzene rings is 1. The number of methoxy groups -OCH3 is 1. The van der Waals surface area contributed by atoms with E-state index in [0.29, 0.717) is 6.61 Å². The van der Waals surface area contributed by atoms with Crippen molar-refractivity contribution < 1.29 is 14.2 Å². The Labute approximate surface area is 161 Å². The van der Waals surface area contributed by atoms with Crippen molar-refractivity contribution in [2.45, 2.75) is 72.8 Å². The van der Waals surface area contributed by atoms with Gasteiger partial charge in [-0.25, -0.2) is 0 Å². The molecule has 1 rings (SSSR count). The summed E-state index contributed by atoms with van der Waals surface area (Å²) in [4.78, 5) is 0. The van der Waals surface area contributed by atoms with Crippen LogP contribution in [-0.4, -0.2) is 26.9 Å².